The fourth-order valence-electron chi connectivity index (χ4n) is 2.17. The molecule has 1 aliphatic heterocycles. The van der Waals surface area contributed by atoms with Crippen LogP contribution in [0, 0.1) is 0 Å². The summed E-state index contributed by atoms with van der Waals surface area (Å²) in [7, 11) is 4.24. The Kier molecular flexibility index (Phi) is 4.52. The molecule has 1 unspecified atom stereocenters. The van der Waals surface area contributed by atoms with E-state index in [1.807, 2.05) is 0 Å². The summed E-state index contributed by atoms with van der Waals surface area (Å²) in [6, 6.07) is 0.597. The first-order valence-corrected chi connectivity index (χ1v) is 5.76. The molecule has 0 aromatic carbocycles. The number of piperidine rings is 1. The zero-order chi connectivity index (χ0) is 11.5. The lowest BCUT2D eigenvalue weighted by Crippen LogP contribution is -2.50. The molecule has 1 heterocycles. The van der Waals surface area contributed by atoms with Gasteiger partial charge >= 0.3 is 0 Å². The first-order chi connectivity index (χ1) is 6.94. The molecule has 1 atom stereocenters. The van der Waals surface area contributed by atoms with Crippen molar-refractivity contribution in [2.45, 2.75) is 31.4 Å². The van der Waals surface area contributed by atoms with Gasteiger partial charge in [0.25, 0.3) is 0 Å². The Morgan fingerprint density at radius 1 is 1.47 bits per heavy atom. The molecule has 0 radical (unpaired) electrons. The van der Waals surface area contributed by atoms with Gasteiger partial charge in [-0.05, 0) is 47.0 Å². The average molecular weight is 215 g/mol. The average Bonchev–Trinajstić information content (AvgIpc) is 2.18. The van der Waals surface area contributed by atoms with Crippen molar-refractivity contribution in [1.82, 2.24) is 9.80 Å². The standard InChI is InChI=1S/C11H25N3O/c1-11(15,8-12)9-14(3)10-4-6-13(2)7-5-10/h10,15H,4-9,12H2,1-3H3. The van der Waals surface area contributed by atoms with Crippen LogP contribution in [0.1, 0.15) is 19.8 Å². The maximum absolute atomic E-state index is 9.90. The number of nitrogens with zero attached hydrogens (tertiary/aromatic N) is 2. The molecule has 0 saturated carbocycles. The Hall–Kier alpha value is -0.160. The molecule has 1 saturated heterocycles. The van der Waals surface area contributed by atoms with E-state index in [0.717, 1.165) is 13.1 Å². The molecule has 0 aliphatic carbocycles. The van der Waals surface area contributed by atoms with Crippen LogP contribution in [0.25, 0.3) is 0 Å². The second-order valence-electron chi connectivity index (χ2n) is 5.15. The van der Waals surface area contributed by atoms with E-state index in [4.69, 9.17) is 5.73 Å². The third-order valence-corrected chi connectivity index (χ3v) is 3.34. The molecule has 90 valence electrons. The molecular formula is C11H25N3O. The summed E-state index contributed by atoms with van der Waals surface area (Å²) in [5, 5.41) is 9.90. The van der Waals surface area contributed by atoms with Gasteiger partial charge in [0.1, 0.15) is 0 Å². The maximum Gasteiger partial charge on any atom is 0.0867 e. The highest BCUT2D eigenvalue weighted by atomic mass is 16.3. The van der Waals surface area contributed by atoms with Gasteiger partial charge in [-0.1, -0.05) is 0 Å². The third kappa shape index (κ3) is 4.07. The van der Waals surface area contributed by atoms with Crippen molar-refractivity contribution in [2.24, 2.45) is 5.73 Å². The number of nitrogens with two attached hydrogens (primary N) is 1. The van der Waals surface area contributed by atoms with Crippen molar-refractivity contribution in [3.8, 4) is 0 Å². The van der Waals surface area contributed by atoms with Gasteiger partial charge in [-0.15, -0.1) is 0 Å². The minimum Gasteiger partial charge on any atom is -0.388 e. The van der Waals surface area contributed by atoms with E-state index in [1.165, 1.54) is 12.8 Å². The fourth-order valence-corrected chi connectivity index (χ4v) is 2.17. The van der Waals surface area contributed by atoms with Gasteiger partial charge in [0.05, 0.1) is 5.60 Å². The number of hydrogen-bond donors (Lipinski definition) is 2. The van der Waals surface area contributed by atoms with E-state index in [0.29, 0.717) is 19.1 Å². The quantitative estimate of drug-likeness (QED) is 0.677. The topological polar surface area (TPSA) is 52.7 Å². The van der Waals surface area contributed by atoms with Crippen LogP contribution in [0.2, 0.25) is 0 Å². The summed E-state index contributed by atoms with van der Waals surface area (Å²) in [5.74, 6) is 0. The number of likely N-dealkylation sites (N-methyl/N-ethyl adjacent to an activating group) is 1. The summed E-state index contributed by atoms with van der Waals surface area (Å²) < 4.78 is 0. The molecule has 15 heavy (non-hydrogen) atoms. The summed E-state index contributed by atoms with van der Waals surface area (Å²) in [5.41, 5.74) is 4.77. The monoisotopic (exact) mass is 215 g/mol. The van der Waals surface area contributed by atoms with Gasteiger partial charge in [-0.2, -0.15) is 0 Å². The Morgan fingerprint density at radius 3 is 2.47 bits per heavy atom. The van der Waals surface area contributed by atoms with Gasteiger partial charge in [-0.25, -0.2) is 0 Å². The molecule has 4 nitrogen and oxygen atoms in total. The Bertz CT molecular complexity index is 188. The third-order valence-electron chi connectivity index (χ3n) is 3.34. The largest absolute Gasteiger partial charge is 0.388 e. The smallest absolute Gasteiger partial charge is 0.0867 e. The highest BCUT2D eigenvalue weighted by Gasteiger charge is 2.26. The van der Waals surface area contributed by atoms with E-state index < -0.39 is 5.60 Å². The molecule has 4 heteroatoms. The van der Waals surface area contributed by atoms with Gasteiger partial charge in [0.2, 0.25) is 0 Å². The van der Waals surface area contributed by atoms with Crippen LogP contribution >= 0.6 is 0 Å². The van der Waals surface area contributed by atoms with Crippen LogP contribution in [-0.4, -0.2) is 66.8 Å². The van der Waals surface area contributed by atoms with Crippen LogP contribution in [0.5, 0.6) is 0 Å². The zero-order valence-electron chi connectivity index (χ0n) is 10.2. The lowest BCUT2D eigenvalue weighted by atomic mass is 10.0. The van der Waals surface area contributed by atoms with E-state index >= 15 is 0 Å². The van der Waals surface area contributed by atoms with Gasteiger partial charge in [0.15, 0.2) is 0 Å². The highest BCUT2D eigenvalue weighted by Crippen LogP contribution is 2.16. The number of aliphatic hydroxyl groups is 1. The Labute approximate surface area is 93.0 Å². The van der Waals surface area contributed by atoms with Gasteiger partial charge in [0, 0.05) is 19.1 Å². The molecule has 3 N–H and O–H groups in total. The van der Waals surface area contributed by atoms with Crippen molar-refractivity contribution in [1.29, 1.82) is 0 Å². The Balaban J connectivity index is 2.37. The normalized spacial score (nSPS) is 24.4. The number of hydrogen-bond acceptors (Lipinski definition) is 4. The minimum atomic E-state index is -0.752. The highest BCUT2D eigenvalue weighted by molar-refractivity contribution is 4.83. The van der Waals surface area contributed by atoms with Crippen molar-refractivity contribution in [3.63, 3.8) is 0 Å². The zero-order valence-corrected chi connectivity index (χ0v) is 10.2. The number of rotatable bonds is 4. The van der Waals surface area contributed by atoms with Crippen LogP contribution in [-0.2, 0) is 0 Å². The molecule has 1 rings (SSSR count). The van der Waals surface area contributed by atoms with E-state index in [-0.39, 0.29) is 0 Å². The maximum atomic E-state index is 9.90. The van der Waals surface area contributed by atoms with E-state index in [9.17, 15) is 5.11 Å². The van der Waals surface area contributed by atoms with Crippen molar-refractivity contribution in [3.05, 3.63) is 0 Å². The Morgan fingerprint density at radius 2 is 2.00 bits per heavy atom. The second-order valence-corrected chi connectivity index (χ2v) is 5.15. The molecule has 1 fully saturated rings. The number of likely N-dealkylation sites (tertiary alicyclic amines) is 1. The van der Waals surface area contributed by atoms with Crippen molar-refractivity contribution < 1.29 is 5.11 Å². The van der Waals surface area contributed by atoms with E-state index in [2.05, 4.69) is 23.9 Å². The van der Waals surface area contributed by atoms with E-state index in [1.54, 1.807) is 6.92 Å². The molecule has 1 aliphatic rings. The predicted octanol–water partition coefficient (Wildman–Crippen LogP) is -0.278. The second kappa shape index (κ2) is 5.25. The summed E-state index contributed by atoms with van der Waals surface area (Å²) in [6.45, 7) is 5.10. The van der Waals surface area contributed by atoms with Gasteiger partial charge < -0.3 is 20.6 Å². The molecule has 0 amide bonds. The lowest BCUT2D eigenvalue weighted by molar-refractivity contribution is 0.0132. The SMILES string of the molecule is CN1CCC(N(C)CC(C)(O)CN)CC1. The molecule has 0 aromatic rings. The fraction of sp³-hybridized carbons (Fsp3) is 1.00. The van der Waals surface area contributed by atoms with Crippen molar-refractivity contribution in [2.75, 3.05) is 40.3 Å². The predicted molar refractivity (Wildman–Crippen MR) is 62.8 cm³/mol. The van der Waals surface area contributed by atoms with Crippen LogP contribution in [0.3, 0.4) is 0 Å². The summed E-state index contributed by atoms with van der Waals surface area (Å²) in [4.78, 5) is 4.60. The first kappa shape index (κ1) is 12.9. The first-order valence-electron chi connectivity index (χ1n) is 5.76. The van der Waals surface area contributed by atoms with Crippen LogP contribution < -0.4 is 5.73 Å². The van der Waals surface area contributed by atoms with Crippen molar-refractivity contribution >= 4 is 0 Å². The van der Waals surface area contributed by atoms with Crippen LogP contribution in [0.15, 0.2) is 0 Å². The summed E-state index contributed by atoms with van der Waals surface area (Å²) in [6.07, 6.45) is 2.38. The van der Waals surface area contributed by atoms with Crippen LogP contribution in [0.4, 0.5) is 0 Å². The molecule has 0 spiro atoms. The molecule has 0 bridgehead atoms. The molecular weight excluding hydrogens is 190 g/mol. The lowest BCUT2D eigenvalue weighted by Gasteiger charge is -2.38. The van der Waals surface area contributed by atoms with Gasteiger partial charge in [-0.3, -0.25) is 0 Å². The minimum absolute atomic E-state index is 0.323. The molecule has 0 aromatic heterocycles. The summed E-state index contributed by atoms with van der Waals surface area (Å²) >= 11 is 0.